The summed E-state index contributed by atoms with van der Waals surface area (Å²) >= 11 is 11.6. The predicted octanol–water partition coefficient (Wildman–Crippen LogP) is 4.07. The van der Waals surface area contributed by atoms with Gasteiger partial charge in [0.15, 0.2) is 0 Å². The summed E-state index contributed by atoms with van der Waals surface area (Å²) in [6.07, 6.45) is 6.69. The summed E-state index contributed by atoms with van der Waals surface area (Å²) in [5, 5.41) is 0.784. The Hall–Kier alpha value is -0.140. The number of nitrogens with zero attached hydrogens (tertiary/aromatic N) is 1. The third-order valence-electron chi connectivity index (χ3n) is 2.12. The van der Waals surface area contributed by atoms with Crippen molar-refractivity contribution in [2.75, 3.05) is 0 Å². The second-order valence-corrected chi connectivity index (χ2v) is 3.87. The molecule has 13 heavy (non-hydrogen) atoms. The Morgan fingerprint density at radius 3 is 2.77 bits per heavy atom. The maximum Gasteiger partial charge on any atom is 0.0969 e. The van der Waals surface area contributed by atoms with E-state index in [4.69, 9.17) is 23.2 Å². The van der Waals surface area contributed by atoms with Gasteiger partial charge in [0.1, 0.15) is 0 Å². The molecule has 1 heterocycles. The van der Waals surface area contributed by atoms with Crippen LogP contribution in [0.5, 0.6) is 0 Å². The number of unbranched alkanes of at least 4 members (excludes halogenated alkanes) is 2. The smallest absolute Gasteiger partial charge is 0.0969 e. The number of aromatic nitrogens is 1. The lowest BCUT2D eigenvalue weighted by Crippen LogP contribution is -1.97. The molecular weight excluding hydrogens is 205 g/mol. The van der Waals surface area contributed by atoms with E-state index in [-0.39, 0.29) is 0 Å². The number of hydrogen-bond donors (Lipinski definition) is 0. The molecule has 74 valence electrons. The number of halogens is 2. The molecule has 0 aliphatic heterocycles. The van der Waals surface area contributed by atoms with Gasteiger partial charge in [-0.15, -0.1) is 11.6 Å². The van der Waals surface area contributed by atoms with Gasteiger partial charge in [-0.25, -0.2) is 0 Å². The maximum atomic E-state index is 5.88. The van der Waals surface area contributed by atoms with Crippen molar-refractivity contribution in [2.24, 2.45) is 0 Å². The molecule has 0 unspecified atom stereocenters. The molecule has 0 saturated heterocycles. The van der Waals surface area contributed by atoms with Gasteiger partial charge in [-0.1, -0.05) is 31.4 Å². The van der Waals surface area contributed by atoms with Gasteiger partial charge < -0.3 is 4.57 Å². The summed E-state index contributed by atoms with van der Waals surface area (Å²) in [6, 6.07) is 2.49. The average Bonchev–Trinajstić information content (AvgIpc) is 2.47. The highest BCUT2D eigenvalue weighted by Gasteiger charge is 2.02. The molecule has 1 nitrogen and oxygen atoms in total. The normalized spacial score (nSPS) is 10.7. The van der Waals surface area contributed by atoms with Gasteiger partial charge in [-0.2, -0.15) is 0 Å². The van der Waals surface area contributed by atoms with E-state index < -0.39 is 0 Å². The van der Waals surface area contributed by atoms with Crippen molar-refractivity contribution in [3.8, 4) is 0 Å². The number of aryl methyl sites for hydroxylation is 1. The third kappa shape index (κ3) is 3.24. The minimum absolute atomic E-state index is 0.494. The molecule has 0 aliphatic carbocycles. The quantitative estimate of drug-likeness (QED) is 0.520. The second-order valence-electron chi connectivity index (χ2n) is 3.20. The fraction of sp³-hybridized carbons (Fsp3) is 0.600. The molecule has 0 aromatic carbocycles. The Balaban J connectivity index is 2.53. The summed E-state index contributed by atoms with van der Waals surface area (Å²) in [5.74, 6) is 0. The molecule has 0 N–H and O–H groups in total. The van der Waals surface area contributed by atoms with Crippen LogP contribution in [-0.2, 0) is 12.4 Å². The zero-order chi connectivity index (χ0) is 9.68. The minimum Gasteiger partial charge on any atom is -0.336 e. The Bertz CT molecular complexity index is 255. The Morgan fingerprint density at radius 1 is 1.38 bits per heavy atom. The van der Waals surface area contributed by atoms with Crippen molar-refractivity contribution in [2.45, 2.75) is 38.6 Å². The van der Waals surface area contributed by atoms with E-state index in [1.54, 1.807) is 0 Å². The molecule has 1 aromatic rings. The van der Waals surface area contributed by atoms with Crippen LogP contribution in [0.3, 0.4) is 0 Å². The number of hydrogen-bond acceptors (Lipinski definition) is 0. The fourth-order valence-electron chi connectivity index (χ4n) is 1.39. The first kappa shape index (κ1) is 10.9. The van der Waals surface area contributed by atoms with Crippen molar-refractivity contribution in [3.63, 3.8) is 0 Å². The Morgan fingerprint density at radius 2 is 2.15 bits per heavy atom. The molecule has 0 aliphatic rings. The molecule has 0 atom stereocenters. The van der Waals surface area contributed by atoms with Gasteiger partial charge in [0.05, 0.1) is 11.0 Å². The number of rotatable bonds is 5. The Kier molecular flexibility index (Phi) is 4.68. The molecule has 3 heteroatoms. The summed E-state index contributed by atoms with van der Waals surface area (Å²) in [7, 11) is 0. The van der Waals surface area contributed by atoms with E-state index in [1.807, 2.05) is 16.8 Å². The van der Waals surface area contributed by atoms with Gasteiger partial charge in [0.2, 0.25) is 0 Å². The van der Waals surface area contributed by atoms with Crippen LogP contribution in [0.25, 0.3) is 0 Å². The molecule has 1 rings (SSSR count). The SMILES string of the molecule is CCCCCc1cc(Cl)cn1CCl. The van der Waals surface area contributed by atoms with Crippen LogP contribution in [0.15, 0.2) is 12.3 Å². The highest BCUT2D eigenvalue weighted by molar-refractivity contribution is 6.30. The molecule has 0 spiro atoms. The molecule has 0 saturated carbocycles. The maximum absolute atomic E-state index is 5.88. The van der Waals surface area contributed by atoms with Gasteiger partial charge in [0.25, 0.3) is 0 Å². The first-order chi connectivity index (χ1) is 6.27. The van der Waals surface area contributed by atoms with Crippen molar-refractivity contribution < 1.29 is 0 Å². The third-order valence-corrected chi connectivity index (χ3v) is 2.58. The highest BCUT2D eigenvalue weighted by atomic mass is 35.5. The lowest BCUT2D eigenvalue weighted by Gasteiger charge is -2.03. The van der Waals surface area contributed by atoms with Crippen LogP contribution >= 0.6 is 23.2 Å². The van der Waals surface area contributed by atoms with Gasteiger partial charge in [0, 0.05) is 11.9 Å². The van der Waals surface area contributed by atoms with Crippen LogP contribution in [0, 0.1) is 0 Å². The standard InChI is InChI=1S/C10H15Cl2N/c1-2-3-4-5-10-6-9(12)7-13(10)8-11/h6-7H,2-5,8H2,1H3. The first-order valence-corrected chi connectivity index (χ1v) is 5.59. The summed E-state index contributed by atoms with van der Waals surface area (Å²) in [6.45, 7) is 2.20. The lowest BCUT2D eigenvalue weighted by molar-refractivity contribution is 0.681. The van der Waals surface area contributed by atoms with Crippen molar-refractivity contribution in [1.82, 2.24) is 4.57 Å². The summed E-state index contributed by atoms with van der Waals surface area (Å²) < 4.78 is 2.00. The predicted molar refractivity (Wildman–Crippen MR) is 58.5 cm³/mol. The first-order valence-electron chi connectivity index (χ1n) is 4.68. The van der Waals surface area contributed by atoms with E-state index in [9.17, 15) is 0 Å². The zero-order valence-corrected chi connectivity index (χ0v) is 9.41. The zero-order valence-electron chi connectivity index (χ0n) is 7.89. The topological polar surface area (TPSA) is 4.93 Å². The van der Waals surface area contributed by atoms with Crippen LogP contribution in [0.2, 0.25) is 5.02 Å². The second kappa shape index (κ2) is 5.56. The van der Waals surface area contributed by atoms with Gasteiger partial charge in [-0.3, -0.25) is 0 Å². The molecular formula is C10H15Cl2N. The van der Waals surface area contributed by atoms with Gasteiger partial charge in [-0.05, 0) is 18.9 Å². The lowest BCUT2D eigenvalue weighted by atomic mass is 10.1. The van der Waals surface area contributed by atoms with E-state index in [0.29, 0.717) is 6.00 Å². The van der Waals surface area contributed by atoms with E-state index in [1.165, 1.54) is 25.0 Å². The highest BCUT2D eigenvalue weighted by Crippen LogP contribution is 2.17. The molecule has 1 aromatic heterocycles. The molecule has 0 bridgehead atoms. The van der Waals surface area contributed by atoms with Crippen LogP contribution < -0.4 is 0 Å². The van der Waals surface area contributed by atoms with E-state index in [2.05, 4.69) is 6.92 Å². The van der Waals surface area contributed by atoms with Crippen LogP contribution in [0.1, 0.15) is 31.9 Å². The summed E-state index contributed by atoms with van der Waals surface area (Å²) in [5.41, 5.74) is 1.24. The molecule has 0 radical (unpaired) electrons. The van der Waals surface area contributed by atoms with Crippen LogP contribution in [-0.4, -0.2) is 4.57 Å². The summed E-state index contributed by atoms with van der Waals surface area (Å²) in [4.78, 5) is 0. The van der Waals surface area contributed by atoms with Crippen LogP contribution in [0.4, 0.5) is 0 Å². The minimum atomic E-state index is 0.494. The molecule has 0 amide bonds. The largest absolute Gasteiger partial charge is 0.336 e. The fourth-order valence-corrected chi connectivity index (χ4v) is 1.86. The number of alkyl halides is 1. The van der Waals surface area contributed by atoms with Crippen molar-refractivity contribution >= 4 is 23.2 Å². The molecule has 0 fully saturated rings. The van der Waals surface area contributed by atoms with E-state index in [0.717, 1.165) is 11.4 Å². The van der Waals surface area contributed by atoms with E-state index >= 15 is 0 Å². The van der Waals surface area contributed by atoms with Gasteiger partial charge >= 0.3 is 0 Å². The van der Waals surface area contributed by atoms with Crippen molar-refractivity contribution in [1.29, 1.82) is 0 Å². The Labute approximate surface area is 89.6 Å². The monoisotopic (exact) mass is 219 g/mol. The average molecular weight is 220 g/mol. The van der Waals surface area contributed by atoms with Crippen molar-refractivity contribution in [3.05, 3.63) is 23.0 Å².